The maximum atomic E-state index is 11.4. The molecule has 0 aliphatic rings. The molecular formula is C14H13ClN2O2. The second-order valence-electron chi connectivity index (χ2n) is 4.13. The van der Waals surface area contributed by atoms with E-state index in [1.165, 1.54) is 6.07 Å². The zero-order valence-electron chi connectivity index (χ0n) is 10.3. The van der Waals surface area contributed by atoms with Gasteiger partial charge < -0.3 is 16.2 Å². The molecule has 5 heteroatoms. The fourth-order valence-corrected chi connectivity index (χ4v) is 1.79. The number of aryl methyl sites for hydroxylation is 1. The molecule has 98 valence electrons. The number of anilines is 1. The molecule has 0 aromatic heterocycles. The van der Waals surface area contributed by atoms with E-state index in [0.717, 1.165) is 5.56 Å². The zero-order valence-corrected chi connectivity index (χ0v) is 11.1. The molecule has 4 N–H and O–H groups in total. The number of nitrogens with two attached hydrogens (primary N) is 2. The minimum atomic E-state index is -0.595. The summed E-state index contributed by atoms with van der Waals surface area (Å²) in [6, 6.07) is 10.0. The largest absolute Gasteiger partial charge is 0.456 e. The van der Waals surface area contributed by atoms with E-state index in [0.29, 0.717) is 22.2 Å². The molecule has 0 aliphatic heterocycles. The molecule has 0 atom stereocenters. The quantitative estimate of drug-likeness (QED) is 0.846. The number of ether oxygens (including phenoxy) is 1. The van der Waals surface area contributed by atoms with Gasteiger partial charge in [-0.15, -0.1) is 0 Å². The van der Waals surface area contributed by atoms with Gasteiger partial charge in [0.1, 0.15) is 11.5 Å². The Kier molecular flexibility index (Phi) is 3.62. The number of amides is 1. The molecule has 2 rings (SSSR count). The number of rotatable bonds is 3. The van der Waals surface area contributed by atoms with E-state index in [1.54, 1.807) is 24.3 Å². The maximum Gasteiger partial charge on any atom is 0.252 e. The summed E-state index contributed by atoms with van der Waals surface area (Å²) in [6.45, 7) is 1.88. The van der Waals surface area contributed by atoms with Gasteiger partial charge in [0.2, 0.25) is 0 Å². The number of benzene rings is 2. The fourth-order valence-electron chi connectivity index (χ4n) is 1.63. The van der Waals surface area contributed by atoms with Gasteiger partial charge in [-0.2, -0.15) is 0 Å². The van der Waals surface area contributed by atoms with Crippen LogP contribution in [0, 0.1) is 6.92 Å². The average Bonchev–Trinajstić information content (AvgIpc) is 2.35. The van der Waals surface area contributed by atoms with Crippen molar-refractivity contribution in [1.82, 2.24) is 0 Å². The minimum absolute atomic E-state index is 0.236. The summed E-state index contributed by atoms with van der Waals surface area (Å²) in [6.07, 6.45) is 0. The Morgan fingerprint density at radius 3 is 2.58 bits per heavy atom. The van der Waals surface area contributed by atoms with E-state index in [-0.39, 0.29) is 5.56 Å². The Morgan fingerprint density at radius 1 is 1.16 bits per heavy atom. The van der Waals surface area contributed by atoms with E-state index >= 15 is 0 Å². The monoisotopic (exact) mass is 276 g/mol. The van der Waals surface area contributed by atoms with Crippen molar-refractivity contribution in [3.05, 3.63) is 52.5 Å². The van der Waals surface area contributed by atoms with Crippen LogP contribution in [0.2, 0.25) is 5.02 Å². The summed E-state index contributed by atoms with van der Waals surface area (Å²) >= 11 is 5.92. The van der Waals surface area contributed by atoms with Gasteiger partial charge in [0, 0.05) is 10.7 Å². The molecule has 0 aliphatic carbocycles. The van der Waals surface area contributed by atoms with Gasteiger partial charge in [0.25, 0.3) is 5.91 Å². The van der Waals surface area contributed by atoms with Crippen LogP contribution in [0.1, 0.15) is 15.9 Å². The number of hydrogen-bond donors (Lipinski definition) is 2. The van der Waals surface area contributed by atoms with E-state index in [2.05, 4.69) is 0 Å². The second-order valence-corrected chi connectivity index (χ2v) is 4.57. The molecule has 19 heavy (non-hydrogen) atoms. The van der Waals surface area contributed by atoms with E-state index in [1.807, 2.05) is 13.0 Å². The SMILES string of the molecule is Cc1ccc(Cl)cc1Oc1ccc(N)cc1C(N)=O. The molecule has 0 saturated carbocycles. The number of nitrogen functional groups attached to an aromatic ring is 1. The highest BCUT2D eigenvalue weighted by Crippen LogP contribution is 2.30. The third-order valence-electron chi connectivity index (χ3n) is 2.64. The van der Waals surface area contributed by atoms with Gasteiger partial charge in [0.05, 0.1) is 5.56 Å². The van der Waals surface area contributed by atoms with E-state index in [9.17, 15) is 4.79 Å². The summed E-state index contributed by atoms with van der Waals surface area (Å²) in [5, 5.41) is 0.552. The summed E-state index contributed by atoms with van der Waals surface area (Å²) in [5.74, 6) is 0.328. The minimum Gasteiger partial charge on any atom is -0.456 e. The van der Waals surface area contributed by atoms with Crippen LogP contribution in [-0.4, -0.2) is 5.91 Å². The summed E-state index contributed by atoms with van der Waals surface area (Å²) in [7, 11) is 0. The Bertz CT molecular complexity index is 641. The first kappa shape index (κ1) is 13.2. The van der Waals surface area contributed by atoms with Crippen molar-refractivity contribution >= 4 is 23.2 Å². The third-order valence-corrected chi connectivity index (χ3v) is 2.87. The first-order valence-electron chi connectivity index (χ1n) is 5.60. The van der Waals surface area contributed by atoms with Crippen LogP contribution >= 0.6 is 11.6 Å². The summed E-state index contributed by atoms with van der Waals surface area (Å²) in [4.78, 5) is 11.4. The Balaban J connectivity index is 2.43. The normalized spacial score (nSPS) is 10.2. The van der Waals surface area contributed by atoms with Crippen LogP contribution in [0.15, 0.2) is 36.4 Å². The predicted molar refractivity (Wildman–Crippen MR) is 75.6 cm³/mol. The van der Waals surface area contributed by atoms with Crippen LogP contribution in [0.5, 0.6) is 11.5 Å². The Labute approximate surface area is 115 Å². The lowest BCUT2D eigenvalue weighted by atomic mass is 10.1. The topological polar surface area (TPSA) is 78.3 Å². The molecule has 1 amide bonds. The van der Waals surface area contributed by atoms with Crippen LogP contribution in [0.25, 0.3) is 0 Å². The standard InChI is InChI=1S/C14H13ClN2O2/c1-8-2-3-9(15)6-13(8)19-12-5-4-10(16)7-11(12)14(17)18/h2-7H,16H2,1H3,(H2,17,18). The zero-order chi connectivity index (χ0) is 14.0. The summed E-state index contributed by atoms with van der Waals surface area (Å²) < 4.78 is 5.70. The number of carbonyl (C=O) groups excluding carboxylic acids is 1. The van der Waals surface area contributed by atoms with Gasteiger partial charge in [-0.1, -0.05) is 17.7 Å². The lowest BCUT2D eigenvalue weighted by Gasteiger charge is -2.12. The number of primary amides is 1. The van der Waals surface area contributed by atoms with Crippen molar-refractivity contribution in [3.8, 4) is 11.5 Å². The highest BCUT2D eigenvalue weighted by atomic mass is 35.5. The van der Waals surface area contributed by atoms with Crippen molar-refractivity contribution in [1.29, 1.82) is 0 Å². The molecule has 2 aromatic rings. The van der Waals surface area contributed by atoms with Crippen molar-refractivity contribution < 1.29 is 9.53 Å². The van der Waals surface area contributed by atoms with Crippen molar-refractivity contribution in [2.24, 2.45) is 5.73 Å². The van der Waals surface area contributed by atoms with Gasteiger partial charge in [-0.05, 0) is 42.8 Å². The fraction of sp³-hybridized carbons (Fsp3) is 0.0714. The number of carbonyl (C=O) groups is 1. The first-order chi connectivity index (χ1) is 8.97. The Morgan fingerprint density at radius 2 is 1.89 bits per heavy atom. The molecule has 0 spiro atoms. The van der Waals surface area contributed by atoms with Gasteiger partial charge in [-0.25, -0.2) is 0 Å². The predicted octanol–water partition coefficient (Wildman–Crippen LogP) is 3.12. The molecule has 4 nitrogen and oxygen atoms in total. The van der Waals surface area contributed by atoms with Crippen LogP contribution < -0.4 is 16.2 Å². The molecule has 0 radical (unpaired) electrons. The second kappa shape index (κ2) is 5.20. The van der Waals surface area contributed by atoms with Crippen molar-refractivity contribution in [3.63, 3.8) is 0 Å². The van der Waals surface area contributed by atoms with Gasteiger partial charge >= 0.3 is 0 Å². The highest BCUT2D eigenvalue weighted by Gasteiger charge is 2.12. The van der Waals surface area contributed by atoms with E-state index < -0.39 is 5.91 Å². The van der Waals surface area contributed by atoms with Gasteiger partial charge in [0.15, 0.2) is 0 Å². The first-order valence-corrected chi connectivity index (χ1v) is 5.98. The van der Waals surface area contributed by atoms with Gasteiger partial charge in [-0.3, -0.25) is 4.79 Å². The lowest BCUT2D eigenvalue weighted by molar-refractivity contribution is 0.0998. The smallest absolute Gasteiger partial charge is 0.252 e. The Hall–Kier alpha value is -2.20. The molecule has 0 bridgehead atoms. The van der Waals surface area contributed by atoms with Crippen LogP contribution in [0.3, 0.4) is 0 Å². The maximum absolute atomic E-state index is 11.4. The average molecular weight is 277 g/mol. The van der Waals surface area contributed by atoms with Crippen molar-refractivity contribution in [2.45, 2.75) is 6.92 Å². The van der Waals surface area contributed by atoms with Crippen LogP contribution in [-0.2, 0) is 0 Å². The molecular weight excluding hydrogens is 264 g/mol. The molecule has 0 saturated heterocycles. The van der Waals surface area contributed by atoms with Crippen molar-refractivity contribution in [2.75, 3.05) is 5.73 Å². The molecule has 0 heterocycles. The number of halogens is 1. The highest BCUT2D eigenvalue weighted by molar-refractivity contribution is 6.30. The van der Waals surface area contributed by atoms with Crippen LogP contribution in [0.4, 0.5) is 5.69 Å². The third kappa shape index (κ3) is 2.98. The molecule has 0 unspecified atom stereocenters. The molecule has 2 aromatic carbocycles. The number of hydrogen-bond acceptors (Lipinski definition) is 3. The summed E-state index contributed by atoms with van der Waals surface area (Å²) in [5.41, 5.74) is 12.5. The lowest BCUT2D eigenvalue weighted by Crippen LogP contribution is -2.12. The molecule has 0 fully saturated rings. The van der Waals surface area contributed by atoms with E-state index in [4.69, 9.17) is 27.8 Å².